The van der Waals surface area contributed by atoms with Crippen molar-refractivity contribution in [2.24, 2.45) is 0 Å². The van der Waals surface area contributed by atoms with Crippen LogP contribution in [-0.4, -0.2) is 59.7 Å². The van der Waals surface area contributed by atoms with Crippen LogP contribution in [0.4, 0.5) is 0 Å². The first-order valence-electron chi connectivity index (χ1n) is 3.45. The summed E-state index contributed by atoms with van der Waals surface area (Å²) in [6.07, 6.45) is 0. The van der Waals surface area contributed by atoms with Crippen molar-refractivity contribution in [3.8, 4) is 0 Å². The van der Waals surface area contributed by atoms with Crippen molar-refractivity contribution >= 4 is 41.0 Å². The van der Waals surface area contributed by atoms with Gasteiger partial charge in [0, 0.05) is 11.9 Å². The third-order valence-corrected chi connectivity index (χ3v) is 0.328. The Hall–Kier alpha value is -0.864. The quantitative estimate of drug-likeness (QED) is 0.470. The largest absolute Gasteiger partial charge is 2.00 e. The first-order chi connectivity index (χ1) is 6.23. The molecule has 0 aromatic carbocycles. The molecular weight excluding hydrogens is 218 g/mol. The molecule has 0 amide bonds. The Morgan fingerprint density at radius 2 is 1.33 bits per heavy atom. The molecule has 0 aromatic heterocycles. The fraction of sp³-hybridized carbons (Fsp3) is 0.571. The van der Waals surface area contributed by atoms with E-state index in [2.05, 4.69) is 5.32 Å². The molecule has 0 aliphatic carbocycles. The molecule has 8 heteroatoms. The topological polar surface area (TPSA) is 130 Å². The molecule has 0 aromatic rings. The van der Waals surface area contributed by atoms with Gasteiger partial charge < -0.3 is 30.2 Å². The maximum atomic E-state index is 9.54. The van der Waals surface area contributed by atoms with Gasteiger partial charge in [0.1, 0.15) is 0 Å². The van der Waals surface area contributed by atoms with Gasteiger partial charge in [-0.2, -0.15) is 0 Å². The Labute approximate surface area is 104 Å². The van der Waals surface area contributed by atoms with E-state index in [1.54, 1.807) is 7.05 Å². The Morgan fingerprint density at radius 1 is 1.13 bits per heavy atom. The van der Waals surface area contributed by atoms with E-state index in [4.69, 9.17) is 24.9 Å². The minimum absolute atomic E-state index is 0. The van der Waals surface area contributed by atoms with Crippen LogP contribution in [0.5, 0.6) is 0 Å². The predicted molar refractivity (Wildman–Crippen MR) is 48.7 cm³/mol. The molecule has 0 heterocycles. The molecule has 0 saturated heterocycles. The van der Waals surface area contributed by atoms with Crippen LogP contribution in [0.1, 0.15) is 13.8 Å². The number of carboxylic acids is 3. The van der Waals surface area contributed by atoms with Crippen molar-refractivity contribution in [1.82, 2.24) is 5.32 Å². The van der Waals surface area contributed by atoms with Crippen LogP contribution in [0.15, 0.2) is 0 Å². The Bertz CT molecular complexity index is 164. The summed E-state index contributed by atoms with van der Waals surface area (Å²) in [5.41, 5.74) is 0. The summed E-state index contributed by atoms with van der Waals surface area (Å²) in [5, 5.41) is 28.1. The summed E-state index contributed by atoms with van der Waals surface area (Å²) < 4.78 is 0. The van der Waals surface area contributed by atoms with Gasteiger partial charge in [0.25, 0.3) is 0 Å². The van der Waals surface area contributed by atoms with Gasteiger partial charge in [-0.3, -0.25) is 4.79 Å². The van der Waals surface area contributed by atoms with E-state index in [1.165, 1.54) is 0 Å². The van der Waals surface area contributed by atoms with Gasteiger partial charge in [-0.25, -0.2) is 0 Å². The van der Waals surface area contributed by atoms with Gasteiger partial charge in [-0.05, 0) is 20.9 Å². The minimum Gasteiger partial charge on any atom is -0.550 e. The van der Waals surface area contributed by atoms with Crippen molar-refractivity contribution in [1.29, 1.82) is 0 Å². The molecular formula is C7H13MgNO6. The molecule has 0 radical (unpaired) electrons. The molecule has 0 rings (SSSR count). The van der Waals surface area contributed by atoms with Crippen LogP contribution in [0.25, 0.3) is 0 Å². The summed E-state index contributed by atoms with van der Waals surface area (Å²) >= 11 is 0. The van der Waals surface area contributed by atoms with Crippen molar-refractivity contribution in [2.45, 2.75) is 13.8 Å². The van der Waals surface area contributed by atoms with Crippen molar-refractivity contribution in [3.05, 3.63) is 0 Å². The van der Waals surface area contributed by atoms with Gasteiger partial charge in [0.15, 0.2) is 0 Å². The summed E-state index contributed by atoms with van der Waals surface area (Å²) in [7, 11) is 1.59. The number of rotatable bonds is 2. The minimum atomic E-state index is -1.08. The number of likely N-dealkylation sites (N-methyl/N-ethyl adjacent to an activating group) is 1. The normalized spacial score (nSPS) is 6.60. The monoisotopic (exact) mass is 231 g/mol. The Balaban J connectivity index is -0.0000000606. The van der Waals surface area contributed by atoms with E-state index in [1.807, 2.05) is 0 Å². The predicted octanol–water partition coefficient (Wildman–Crippen LogP) is -3.58. The fourth-order valence-corrected chi connectivity index (χ4v) is 0.151. The zero-order valence-corrected chi connectivity index (χ0v) is 10.3. The molecule has 84 valence electrons. The molecule has 0 bridgehead atoms. The van der Waals surface area contributed by atoms with Crippen LogP contribution in [0, 0.1) is 0 Å². The number of hydrogen-bond acceptors (Lipinski definition) is 6. The van der Waals surface area contributed by atoms with Crippen molar-refractivity contribution in [3.63, 3.8) is 0 Å². The van der Waals surface area contributed by atoms with E-state index >= 15 is 0 Å². The maximum Gasteiger partial charge on any atom is 2.00 e. The Morgan fingerprint density at radius 3 is 1.33 bits per heavy atom. The van der Waals surface area contributed by atoms with E-state index in [-0.39, 0.29) is 29.6 Å². The summed E-state index contributed by atoms with van der Waals surface area (Å²) in [6, 6.07) is 0. The first kappa shape index (κ1) is 23.7. The summed E-state index contributed by atoms with van der Waals surface area (Å²) in [5.74, 6) is -2.99. The molecule has 15 heavy (non-hydrogen) atoms. The number of carbonyl (C=O) groups is 3. The average molecular weight is 231 g/mol. The third-order valence-electron chi connectivity index (χ3n) is 0.328. The summed E-state index contributed by atoms with van der Waals surface area (Å²) in [6.45, 7) is 1.99. The van der Waals surface area contributed by atoms with Crippen LogP contribution in [0.2, 0.25) is 0 Å². The molecule has 0 atom stereocenters. The van der Waals surface area contributed by atoms with Gasteiger partial charge >= 0.3 is 29.0 Å². The molecule has 0 saturated carbocycles. The van der Waals surface area contributed by atoms with E-state index in [9.17, 15) is 4.79 Å². The molecule has 2 N–H and O–H groups in total. The van der Waals surface area contributed by atoms with Crippen LogP contribution < -0.4 is 15.5 Å². The van der Waals surface area contributed by atoms with E-state index in [0.29, 0.717) is 0 Å². The summed E-state index contributed by atoms with van der Waals surface area (Å²) in [4.78, 5) is 27.3. The second kappa shape index (κ2) is 18.8. The standard InChI is InChI=1S/C3H7NO2.2C2H4O2.Mg/c1-4-2-3(5)6;2*1-2(3)4;/h4H,2H2,1H3,(H,5,6);2*1H3,(H,3,4);/q;;;+2/p-2. The number of carbonyl (C=O) groups excluding carboxylic acids is 2. The molecule has 7 nitrogen and oxygen atoms in total. The smallest absolute Gasteiger partial charge is 0.550 e. The van der Waals surface area contributed by atoms with Crippen molar-refractivity contribution in [2.75, 3.05) is 13.6 Å². The first-order valence-corrected chi connectivity index (χ1v) is 3.45. The molecule has 0 fully saturated rings. The second-order valence-corrected chi connectivity index (χ2v) is 1.91. The van der Waals surface area contributed by atoms with Gasteiger partial charge in [0.05, 0.1) is 6.54 Å². The zero-order chi connectivity index (χ0) is 12.1. The SMILES string of the molecule is CC(=O)[O-].CC(=O)[O-].CNCC(=O)O.[Mg+2]. The van der Waals surface area contributed by atoms with Gasteiger partial charge in [-0.15, -0.1) is 0 Å². The Kier molecular flexibility index (Phi) is 29.8. The van der Waals surface area contributed by atoms with Gasteiger partial charge in [0.2, 0.25) is 0 Å². The van der Waals surface area contributed by atoms with E-state index < -0.39 is 17.9 Å². The molecule has 0 unspecified atom stereocenters. The average Bonchev–Trinajstić information content (AvgIpc) is 1.82. The number of aliphatic carboxylic acids is 3. The number of carboxylic acid groups (broad SMARTS) is 3. The third kappa shape index (κ3) is 357. The maximum absolute atomic E-state index is 9.54. The second-order valence-electron chi connectivity index (χ2n) is 1.91. The molecule has 0 spiro atoms. The van der Waals surface area contributed by atoms with E-state index in [0.717, 1.165) is 13.8 Å². The van der Waals surface area contributed by atoms with Crippen LogP contribution in [-0.2, 0) is 14.4 Å². The van der Waals surface area contributed by atoms with Crippen molar-refractivity contribution < 1.29 is 29.7 Å². The molecule has 0 aliphatic rings. The zero-order valence-electron chi connectivity index (χ0n) is 8.90. The fourth-order valence-electron chi connectivity index (χ4n) is 0.151. The van der Waals surface area contributed by atoms with Crippen LogP contribution in [0.3, 0.4) is 0 Å². The number of nitrogens with one attached hydrogen (secondary N) is 1. The number of hydrogen-bond donors (Lipinski definition) is 2. The molecule has 0 aliphatic heterocycles. The van der Waals surface area contributed by atoms with Crippen LogP contribution >= 0.6 is 0 Å². The van der Waals surface area contributed by atoms with Gasteiger partial charge in [-0.1, -0.05) is 0 Å².